The molecule has 0 bridgehead atoms. The van der Waals surface area contributed by atoms with Crippen LogP contribution in [0.3, 0.4) is 0 Å². The van der Waals surface area contributed by atoms with E-state index in [0.29, 0.717) is 18.8 Å². The molecule has 0 aliphatic carbocycles. The van der Waals surface area contributed by atoms with Crippen molar-refractivity contribution in [3.05, 3.63) is 77.2 Å². The number of nitrogens with zero attached hydrogens (tertiary/aromatic N) is 3. The highest BCUT2D eigenvalue weighted by Gasteiger charge is 2.23. The van der Waals surface area contributed by atoms with Gasteiger partial charge in [-0.25, -0.2) is 4.98 Å². The third-order valence-electron chi connectivity index (χ3n) is 4.89. The Labute approximate surface area is 170 Å². The summed E-state index contributed by atoms with van der Waals surface area (Å²) in [5.74, 6) is 2.74. The van der Waals surface area contributed by atoms with Gasteiger partial charge < -0.3 is 4.74 Å². The van der Waals surface area contributed by atoms with E-state index in [1.54, 1.807) is 6.33 Å². The summed E-state index contributed by atoms with van der Waals surface area (Å²) in [4.78, 5) is 21.3. The molecule has 2 heterocycles. The number of aromatic nitrogens is 2. The molecule has 0 saturated heterocycles. The maximum Gasteiger partial charge on any atom is 0.312 e. The van der Waals surface area contributed by atoms with Crippen molar-refractivity contribution in [1.29, 1.82) is 0 Å². The van der Waals surface area contributed by atoms with Crippen molar-refractivity contribution in [2.75, 3.05) is 0 Å². The van der Waals surface area contributed by atoms with Gasteiger partial charge in [-0.1, -0.05) is 49.6 Å². The third-order valence-corrected chi connectivity index (χ3v) is 4.89. The zero-order chi connectivity index (χ0) is 20.2. The van der Waals surface area contributed by atoms with Crippen molar-refractivity contribution in [2.45, 2.75) is 32.7 Å². The lowest BCUT2D eigenvalue weighted by Crippen LogP contribution is -2.09. The summed E-state index contributed by atoms with van der Waals surface area (Å²) in [6.45, 7) is 2.39. The van der Waals surface area contributed by atoms with Crippen molar-refractivity contribution in [2.24, 2.45) is 4.99 Å². The number of imidazole rings is 1. The summed E-state index contributed by atoms with van der Waals surface area (Å²) in [5, 5.41) is 0. The number of terminal acetylenes is 1. The highest BCUT2D eigenvalue weighted by molar-refractivity contribution is 6.15. The Bertz CT molecular complexity index is 1120. The number of hydrogen-bond acceptors (Lipinski definition) is 4. The maximum absolute atomic E-state index is 12.1. The number of hydrogen-bond donors (Lipinski definition) is 0. The minimum absolute atomic E-state index is 0.271. The van der Waals surface area contributed by atoms with Crippen molar-refractivity contribution in [3.63, 3.8) is 0 Å². The Morgan fingerprint density at radius 1 is 1.24 bits per heavy atom. The summed E-state index contributed by atoms with van der Waals surface area (Å²) in [5.41, 5.74) is 5.21. The van der Waals surface area contributed by atoms with Gasteiger partial charge >= 0.3 is 5.97 Å². The van der Waals surface area contributed by atoms with Crippen LogP contribution in [-0.2, 0) is 11.3 Å². The summed E-state index contributed by atoms with van der Waals surface area (Å²) in [6, 6.07) is 15.8. The third kappa shape index (κ3) is 3.70. The average Bonchev–Trinajstić information content (AvgIpc) is 3.07. The highest BCUT2D eigenvalue weighted by atomic mass is 16.5. The largest absolute Gasteiger partial charge is 0.405 e. The molecule has 0 saturated carbocycles. The minimum atomic E-state index is -0.271. The first kappa shape index (κ1) is 18.7. The zero-order valence-corrected chi connectivity index (χ0v) is 16.3. The molecule has 0 unspecified atom stereocenters. The van der Waals surface area contributed by atoms with Gasteiger partial charge in [0.15, 0.2) is 0 Å². The average molecular weight is 383 g/mol. The highest BCUT2D eigenvalue weighted by Crippen LogP contribution is 2.30. The smallest absolute Gasteiger partial charge is 0.312 e. The Morgan fingerprint density at radius 3 is 2.83 bits per heavy atom. The number of esters is 1. The number of carbonyl (C=O) groups is 1. The summed E-state index contributed by atoms with van der Waals surface area (Å²) < 4.78 is 7.47. The van der Waals surface area contributed by atoms with Crippen molar-refractivity contribution in [1.82, 2.24) is 9.55 Å². The summed E-state index contributed by atoms with van der Waals surface area (Å²) >= 11 is 0. The van der Waals surface area contributed by atoms with E-state index in [1.807, 2.05) is 60.0 Å². The van der Waals surface area contributed by atoms with E-state index in [1.165, 1.54) is 0 Å². The van der Waals surface area contributed by atoms with E-state index in [2.05, 4.69) is 10.9 Å². The quantitative estimate of drug-likeness (QED) is 0.488. The van der Waals surface area contributed by atoms with E-state index in [-0.39, 0.29) is 5.97 Å². The van der Waals surface area contributed by atoms with Crippen LogP contribution in [-0.4, -0.2) is 21.2 Å². The van der Waals surface area contributed by atoms with Crippen LogP contribution in [0, 0.1) is 12.3 Å². The van der Waals surface area contributed by atoms with Crippen LogP contribution in [0.5, 0.6) is 5.88 Å². The van der Waals surface area contributed by atoms with Gasteiger partial charge in [0.05, 0.1) is 17.9 Å². The Kier molecular flexibility index (Phi) is 5.26. The number of carbonyl (C=O) groups excluding carboxylic acids is 1. The normalized spacial score (nSPS) is 12.2. The molecule has 0 spiro atoms. The topological polar surface area (TPSA) is 56.5 Å². The molecular formula is C24H21N3O2. The van der Waals surface area contributed by atoms with Crippen LogP contribution in [0.15, 0.2) is 59.9 Å². The standard InChI is InChI=1S/C24H21N3O2/c1-3-5-11-22(28)29-24-21-15-25-23(18-9-7-6-8-10-18)19-14-17(4-2)12-13-20(19)27(21)16-26-24/h2,6-10,12-14,16H,3,5,11,15H2,1H3. The molecule has 1 aliphatic rings. The van der Waals surface area contributed by atoms with Crippen molar-refractivity contribution < 1.29 is 9.53 Å². The first-order chi connectivity index (χ1) is 14.2. The number of aliphatic imine (C=N–C) groups is 1. The van der Waals surface area contributed by atoms with Gasteiger partial charge in [0, 0.05) is 23.1 Å². The summed E-state index contributed by atoms with van der Waals surface area (Å²) in [6.07, 6.45) is 9.42. The van der Waals surface area contributed by atoms with Gasteiger partial charge in [-0.3, -0.25) is 14.4 Å². The molecule has 144 valence electrons. The van der Waals surface area contributed by atoms with E-state index in [0.717, 1.165) is 46.6 Å². The lowest BCUT2D eigenvalue weighted by molar-refractivity contribution is -0.134. The summed E-state index contributed by atoms with van der Waals surface area (Å²) in [7, 11) is 0. The van der Waals surface area contributed by atoms with E-state index in [4.69, 9.17) is 16.2 Å². The van der Waals surface area contributed by atoms with Gasteiger partial charge in [-0.2, -0.15) is 0 Å². The van der Waals surface area contributed by atoms with Crippen LogP contribution in [0.25, 0.3) is 5.69 Å². The molecule has 1 aromatic heterocycles. The number of unbranched alkanes of at least 4 members (excludes halogenated alkanes) is 1. The molecule has 0 atom stereocenters. The first-order valence-corrected chi connectivity index (χ1v) is 9.69. The molecule has 0 fully saturated rings. The zero-order valence-electron chi connectivity index (χ0n) is 16.3. The fourth-order valence-corrected chi connectivity index (χ4v) is 3.38. The number of benzene rings is 2. The molecule has 0 N–H and O–H groups in total. The molecule has 29 heavy (non-hydrogen) atoms. The van der Waals surface area contributed by atoms with Gasteiger partial charge in [0.1, 0.15) is 12.0 Å². The van der Waals surface area contributed by atoms with Gasteiger partial charge in [-0.05, 0) is 24.6 Å². The van der Waals surface area contributed by atoms with Crippen LogP contribution in [0.2, 0.25) is 0 Å². The van der Waals surface area contributed by atoms with E-state index < -0.39 is 0 Å². The van der Waals surface area contributed by atoms with E-state index >= 15 is 0 Å². The fraction of sp³-hybridized carbons (Fsp3) is 0.208. The lowest BCUT2D eigenvalue weighted by Gasteiger charge is -2.12. The van der Waals surface area contributed by atoms with Gasteiger partial charge in [0.25, 0.3) is 0 Å². The Balaban J connectivity index is 1.80. The molecule has 0 radical (unpaired) electrons. The van der Waals surface area contributed by atoms with Crippen molar-refractivity contribution >= 4 is 11.7 Å². The number of rotatable bonds is 5. The molecular weight excluding hydrogens is 362 g/mol. The molecule has 2 aromatic carbocycles. The van der Waals surface area contributed by atoms with Crippen LogP contribution >= 0.6 is 0 Å². The molecule has 4 rings (SSSR count). The Morgan fingerprint density at radius 2 is 2.07 bits per heavy atom. The minimum Gasteiger partial charge on any atom is -0.405 e. The van der Waals surface area contributed by atoms with E-state index in [9.17, 15) is 4.79 Å². The SMILES string of the molecule is C#Cc1ccc2c(c1)C(c1ccccc1)=NCc1c(OC(=O)CCCC)ncn1-2. The second-order valence-corrected chi connectivity index (χ2v) is 6.85. The first-order valence-electron chi connectivity index (χ1n) is 9.69. The van der Waals surface area contributed by atoms with Crippen LogP contribution in [0.1, 0.15) is 48.6 Å². The predicted octanol–water partition coefficient (Wildman–Crippen LogP) is 4.30. The Hall–Kier alpha value is -3.65. The number of fused-ring (bicyclic) bond motifs is 3. The lowest BCUT2D eigenvalue weighted by atomic mass is 9.98. The molecule has 1 aliphatic heterocycles. The predicted molar refractivity (Wildman–Crippen MR) is 112 cm³/mol. The molecule has 0 amide bonds. The molecule has 5 heteroatoms. The van der Waals surface area contributed by atoms with Crippen LogP contribution in [0.4, 0.5) is 0 Å². The molecule has 5 nitrogen and oxygen atoms in total. The second kappa shape index (κ2) is 8.15. The monoisotopic (exact) mass is 383 g/mol. The molecule has 3 aromatic rings. The maximum atomic E-state index is 12.1. The fourth-order valence-electron chi connectivity index (χ4n) is 3.38. The second-order valence-electron chi connectivity index (χ2n) is 6.85. The van der Waals surface area contributed by atoms with Gasteiger partial charge in [0.2, 0.25) is 5.88 Å². The number of ether oxygens (including phenoxy) is 1. The van der Waals surface area contributed by atoms with Crippen molar-refractivity contribution in [3.8, 4) is 23.9 Å². The van der Waals surface area contributed by atoms with Gasteiger partial charge in [-0.15, -0.1) is 6.42 Å². The van der Waals surface area contributed by atoms with Crippen LogP contribution < -0.4 is 4.74 Å².